The number of carbonyl (C=O) groups is 1. The average Bonchev–Trinajstić information content (AvgIpc) is 3.11. The van der Waals surface area contributed by atoms with Crippen LogP contribution in [0, 0.1) is 0 Å². The number of hydrogen-bond acceptors (Lipinski definition) is 1. The van der Waals surface area contributed by atoms with E-state index in [-0.39, 0.29) is 6.03 Å². The van der Waals surface area contributed by atoms with Gasteiger partial charge in [-0.05, 0) is 30.5 Å². The number of halogens is 1. The molecule has 16 heavy (non-hydrogen) atoms. The normalized spacial score (nSPS) is 14.6. The Morgan fingerprint density at radius 1 is 1.44 bits per heavy atom. The Morgan fingerprint density at radius 2 is 2.06 bits per heavy atom. The molecule has 0 aromatic heterocycles. The maximum atomic E-state index is 11.7. The minimum absolute atomic E-state index is 0.00236. The van der Waals surface area contributed by atoms with Crippen LogP contribution in [0.4, 0.5) is 4.79 Å². The number of hydrogen-bond donors (Lipinski definition) is 1. The van der Waals surface area contributed by atoms with Gasteiger partial charge in [0.25, 0.3) is 0 Å². The lowest BCUT2D eigenvalue weighted by molar-refractivity contribution is 0.194. The molecule has 1 aliphatic rings. The van der Waals surface area contributed by atoms with E-state index < -0.39 is 0 Å². The van der Waals surface area contributed by atoms with Crippen molar-refractivity contribution in [3.8, 4) is 0 Å². The Bertz CT molecular complexity index is 373. The number of carbonyl (C=O) groups excluding carboxylic acids is 1. The summed E-state index contributed by atoms with van der Waals surface area (Å²) in [5.41, 5.74) is 1.11. The van der Waals surface area contributed by atoms with Crippen molar-refractivity contribution in [2.75, 3.05) is 7.05 Å². The first-order valence-corrected chi connectivity index (χ1v) is 5.81. The van der Waals surface area contributed by atoms with Gasteiger partial charge in [-0.2, -0.15) is 0 Å². The first kappa shape index (κ1) is 11.3. The fraction of sp³-hybridized carbons (Fsp3) is 0.417. The molecule has 1 aromatic carbocycles. The Hall–Kier alpha value is -1.22. The van der Waals surface area contributed by atoms with Gasteiger partial charge in [-0.3, -0.25) is 0 Å². The minimum Gasteiger partial charge on any atom is -0.341 e. The fourth-order valence-electron chi connectivity index (χ4n) is 1.68. The molecular weight excluding hydrogens is 224 g/mol. The number of amides is 2. The van der Waals surface area contributed by atoms with Crippen LogP contribution in [0.5, 0.6) is 0 Å². The van der Waals surface area contributed by atoms with Crippen LogP contribution < -0.4 is 5.32 Å². The Morgan fingerprint density at radius 3 is 2.56 bits per heavy atom. The zero-order valence-electron chi connectivity index (χ0n) is 9.24. The van der Waals surface area contributed by atoms with E-state index in [1.54, 1.807) is 7.05 Å². The lowest BCUT2D eigenvalue weighted by Crippen LogP contribution is -2.39. The number of benzene rings is 1. The summed E-state index contributed by atoms with van der Waals surface area (Å²) in [5.74, 6) is 0. The molecule has 0 spiro atoms. The second-order valence-electron chi connectivity index (χ2n) is 4.04. The third kappa shape index (κ3) is 2.67. The zero-order chi connectivity index (χ0) is 11.5. The van der Waals surface area contributed by atoms with Gasteiger partial charge in [0.2, 0.25) is 0 Å². The molecule has 0 saturated heterocycles. The van der Waals surface area contributed by atoms with Gasteiger partial charge in [0.1, 0.15) is 0 Å². The van der Waals surface area contributed by atoms with Gasteiger partial charge in [-0.1, -0.05) is 23.7 Å². The summed E-state index contributed by atoms with van der Waals surface area (Å²) in [4.78, 5) is 13.5. The van der Waals surface area contributed by atoms with Crippen LogP contribution in [0.25, 0.3) is 0 Å². The molecule has 0 radical (unpaired) electrons. The molecule has 2 rings (SSSR count). The summed E-state index contributed by atoms with van der Waals surface area (Å²) in [6.45, 7) is 0.654. The van der Waals surface area contributed by atoms with Gasteiger partial charge in [0.05, 0.1) is 0 Å². The number of urea groups is 1. The van der Waals surface area contributed by atoms with E-state index in [4.69, 9.17) is 11.6 Å². The SMILES string of the molecule is CNC(=O)N(Cc1ccc(Cl)cc1)C1CC1. The van der Waals surface area contributed by atoms with Gasteiger partial charge in [0, 0.05) is 24.7 Å². The van der Waals surface area contributed by atoms with E-state index in [9.17, 15) is 4.79 Å². The van der Waals surface area contributed by atoms with Crippen molar-refractivity contribution in [1.82, 2.24) is 10.2 Å². The first-order valence-electron chi connectivity index (χ1n) is 5.43. The smallest absolute Gasteiger partial charge is 0.317 e. The lowest BCUT2D eigenvalue weighted by atomic mass is 10.2. The van der Waals surface area contributed by atoms with Crippen LogP contribution in [-0.2, 0) is 6.54 Å². The van der Waals surface area contributed by atoms with Gasteiger partial charge < -0.3 is 10.2 Å². The largest absolute Gasteiger partial charge is 0.341 e. The zero-order valence-corrected chi connectivity index (χ0v) is 10.00. The van der Waals surface area contributed by atoms with Crippen LogP contribution >= 0.6 is 11.6 Å². The highest BCUT2D eigenvalue weighted by atomic mass is 35.5. The quantitative estimate of drug-likeness (QED) is 0.863. The molecule has 0 atom stereocenters. The van der Waals surface area contributed by atoms with E-state index in [1.165, 1.54) is 0 Å². The first-order chi connectivity index (χ1) is 7.70. The Labute approximate surface area is 100 Å². The fourth-order valence-corrected chi connectivity index (χ4v) is 1.81. The van der Waals surface area contributed by atoms with Gasteiger partial charge in [0.15, 0.2) is 0 Å². The lowest BCUT2D eigenvalue weighted by Gasteiger charge is -2.21. The van der Waals surface area contributed by atoms with E-state index in [0.29, 0.717) is 12.6 Å². The third-order valence-corrected chi connectivity index (χ3v) is 2.98. The molecule has 1 saturated carbocycles. The standard InChI is InChI=1S/C12H15ClN2O/c1-14-12(16)15(11-6-7-11)8-9-2-4-10(13)5-3-9/h2-5,11H,6-8H2,1H3,(H,14,16). The molecule has 0 bridgehead atoms. The topological polar surface area (TPSA) is 32.3 Å². The molecule has 1 aromatic rings. The molecule has 1 aliphatic carbocycles. The van der Waals surface area contributed by atoms with Crippen LogP contribution in [0.1, 0.15) is 18.4 Å². The predicted octanol–water partition coefficient (Wildman–Crippen LogP) is 2.64. The number of rotatable bonds is 3. The number of nitrogens with zero attached hydrogens (tertiary/aromatic N) is 1. The summed E-state index contributed by atoms with van der Waals surface area (Å²) in [6.07, 6.45) is 2.22. The summed E-state index contributed by atoms with van der Waals surface area (Å²) in [6, 6.07) is 8.03. The van der Waals surface area contributed by atoms with Crippen molar-refractivity contribution in [3.63, 3.8) is 0 Å². The van der Waals surface area contributed by atoms with Crippen molar-refractivity contribution in [1.29, 1.82) is 0 Å². The van der Waals surface area contributed by atoms with E-state index in [0.717, 1.165) is 23.4 Å². The Kier molecular flexibility index (Phi) is 3.34. The number of nitrogens with one attached hydrogen (secondary N) is 1. The van der Waals surface area contributed by atoms with Gasteiger partial charge in [-0.15, -0.1) is 0 Å². The van der Waals surface area contributed by atoms with Crippen molar-refractivity contribution >= 4 is 17.6 Å². The third-order valence-electron chi connectivity index (χ3n) is 2.73. The molecule has 0 unspecified atom stereocenters. The van der Waals surface area contributed by atoms with Gasteiger partial charge in [-0.25, -0.2) is 4.79 Å². The van der Waals surface area contributed by atoms with Crippen molar-refractivity contribution < 1.29 is 4.79 Å². The highest BCUT2D eigenvalue weighted by molar-refractivity contribution is 6.30. The van der Waals surface area contributed by atoms with Crippen LogP contribution in [-0.4, -0.2) is 24.0 Å². The maximum Gasteiger partial charge on any atom is 0.317 e. The van der Waals surface area contributed by atoms with E-state index in [1.807, 2.05) is 29.2 Å². The highest BCUT2D eigenvalue weighted by Crippen LogP contribution is 2.28. The highest BCUT2D eigenvalue weighted by Gasteiger charge is 2.31. The van der Waals surface area contributed by atoms with Crippen LogP contribution in [0.3, 0.4) is 0 Å². The summed E-state index contributed by atoms with van der Waals surface area (Å²) >= 11 is 5.82. The summed E-state index contributed by atoms with van der Waals surface area (Å²) in [7, 11) is 1.67. The van der Waals surface area contributed by atoms with Crippen LogP contribution in [0.15, 0.2) is 24.3 Å². The van der Waals surface area contributed by atoms with Crippen LogP contribution in [0.2, 0.25) is 5.02 Å². The monoisotopic (exact) mass is 238 g/mol. The van der Waals surface area contributed by atoms with Crippen molar-refractivity contribution in [3.05, 3.63) is 34.9 Å². The second kappa shape index (κ2) is 4.74. The molecule has 86 valence electrons. The van der Waals surface area contributed by atoms with E-state index >= 15 is 0 Å². The van der Waals surface area contributed by atoms with Crippen molar-refractivity contribution in [2.24, 2.45) is 0 Å². The molecule has 0 aliphatic heterocycles. The molecule has 0 heterocycles. The predicted molar refractivity (Wildman–Crippen MR) is 64.5 cm³/mol. The summed E-state index contributed by atoms with van der Waals surface area (Å²) < 4.78 is 0. The molecule has 1 fully saturated rings. The maximum absolute atomic E-state index is 11.7. The second-order valence-corrected chi connectivity index (χ2v) is 4.48. The molecule has 3 nitrogen and oxygen atoms in total. The molecule has 1 N–H and O–H groups in total. The Balaban J connectivity index is 2.05. The molecule has 2 amide bonds. The van der Waals surface area contributed by atoms with Crippen molar-refractivity contribution in [2.45, 2.75) is 25.4 Å². The average molecular weight is 239 g/mol. The van der Waals surface area contributed by atoms with Gasteiger partial charge >= 0.3 is 6.03 Å². The molecular formula is C12H15ClN2O. The minimum atomic E-state index is -0.00236. The van der Waals surface area contributed by atoms with E-state index in [2.05, 4.69) is 5.32 Å². The molecule has 4 heteroatoms. The summed E-state index contributed by atoms with van der Waals surface area (Å²) in [5, 5.41) is 3.40.